The first-order chi connectivity index (χ1) is 5.75. The van der Waals surface area contributed by atoms with E-state index >= 15 is 0 Å². The van der Waals surface area contributed by atoms with E-state index in [0.29, 0.717) is 5.82 Å². The Labute approximate surface area is 74.2 Å². The maximum atomic E-state index is 5.59. The number of pyridine rings is 1. The molecule has 0 bridgehead atoms. The fourth-order valence-corrected chi connectivity index (χ4v) is 1.78. The predicted octanol–water partition coefficient (Wildman–Crippen LogP) is 0.812. The number of fused-ring (bicyclic) bond motifs is 1. The van der Waals surface area contributed by atoms with Crippen molar-refractivity contribution in [1.29, 1.82) is 0 Å². The third kappa shape index (κ3) is 1.43. The van der Waals surface area contributed by atoms with Crippen LogP contribution < -0.4 is 5.73 Å². The van der Waals surface area contributed by atoms with Gasteiger partial charge in [0.25, 0.3) is 0 Å². The molecule has 3 nitrogen and oxygen atoms in total. The third-order valence-corrected chi connectivity index (χ3v) is 2.54. The molecule has 12 heavy (non-hydrogen) atoms. The smallest absolute Gasteiger partial charge is 0.123 e. The van der Waals surface area contributed by atoms with Crippen LogP contribution in [0.4, 0.5) is 5.82 Å². The van der Waals surface area contributed by atoms with Gasteiger partial charge in [0, 0.05) is 25.2 Å². The fourth-order valence-electron chi connectivity index (χ4n) is 1.45. The molecule has 0 saturated carbocycles. The van der Waals surface area contributed by atoms with Gasteiger partial charge in [0.2, 0.25) is 0 Å². The van der Waals surface area contributed by atoms with Crippen LogP contribution in [0.5, 0.6) is 0 Å². The van der Waals surface area contributed by atoms with Crippen molar-refractivity contribution < 1.29 is 0 Å². The summed E-state index contributed by atoms with van der Waals surface area (Å²) >= 11 is 0. The zero-order valence-corrected chi connectivity index (χ0v) is 7.98. The van der Waals surface area contributed by atoms with Crippen LogP contribution in [0.25, 0.3) is 0 Å². The van der Waals surface area contributed by atoms with E-state index in [9.17, 15) is 0 Å². The van der Waals surface area contributed by atoms with Gasteiger partial charge in [0.15, 0.2) is 0 Å². The normalized spacial score (nSPS) is 17.4. The summed E-state index contributed by atoms with van der Waals surface area (Å²) in [7, 11) is 2.71. The van der Waals surface area contributed by atoms with Crippen LogP contribution in [0, 0.1) is 0 Å². The van der Waals surface area contributed by atoms with Crippen LogP contribution in [0.1, 0.15) is 11.3 Å². The predicted molar refractivity (Wildman–Crippen MR) is 52.5 cm³/mol. The van der Waals surface area contributed by atoms with E-state index in [1.165, 1.54) is 5.56 Å². The van der Waals surface area contributed by atoms with Gasteiger partial charge in [0.1, 0.15) is 5.82 Å². The molecule has 1 aromatic rings. The highest BCUT2D eigenvalue weighted by Crippen LogP contribution is 2.20. The van der Waals surface area contributed by atoms with Crippen molar-refractivity contribution in [2.24, 2.45) is 0 Å². The zero-order valence-electron chi connectivity index (χ0n) is 6.83. The lowest BCUT2D eigenvalue weighted by atomic mass is 10.1. The number of hydrogen-bond donors (Lipinski definition) is 1. The van der Waals surface area contributed by atoms with Crippen LogP contribution in [0.15, 0.2) is 12.1 Å². The van der Waals surface area contributed by atoms with Gasteiger partial charge in [-0.2, -0.15) is 0 Å². The van der Waals surface area contributed by atoms with Crippen molar-refractivity contribution in [3.63, 3.8) is 0 Å². The Hall–Kier alpha value is -0.660. The van der Waals surface area contributed by atoms with Gasteiger partial charge in [-0.1, -0.05) is 15.5 Å². The van der Waals surface area contributed by atoms with Crippen LogP contribution in [-0.2, 0) is 13.0 Å². The number of anilines is 1. The van der Waals surface area contributed by atoms with Gasteiger partial charge in [-0.25, -0.2) is 4.98 Å². The summed E-state index contributed by atoms with van der Waals surface area (Å²) < 4.78 is 2.21. The van der Waals surface area contributed by atoms with Crippen molar-refractivity contribution in [2.75, 3.05) is 12.3 Å². The molecule has 0 saturated heterocycles. The molecule has 2 heterocycles. The van der Waals surface area contributed by atoms with Crippen LogP contribution in [0.2, 0.25) is 0 Å². The molecule has 0 aromatic carbocycles. The van der Waals surface area contributed by atoms with E-state index < -0.39 is 0 Å². The van der Waals surface area contributed by atoms with Crippen molar-refractivity contribution in [2.45, 2.75) is 13.0 Å². The van der Waals surface area contributed by atoms with Gasteiger partial charge < -0.3 is 5.73 Å². The molecule has 0 radical (unpaired) electrons. The Balaban J connectivity index is 2.37. The van der Waals surface area contributed by atoms with E-state index in [0.717, 1.165) is 25.2 Å². The quantitative estimate of drug-likeness (QED) is 0.602. The topological polar surface area (TPSA) is 42.1 Å². The van der Waals surface area contributed by atoms with Crippen LogP contribution >= 0.6 is 9.39 Å². The summed E-state index contributed by atoms with van der Waals surface area (Å²) in [4.78, 5) is 4.29. The van der Waals surface area contributed by atoms with Crippen LogP contribution in [0.3, 0.4) is 0 Å². The maximum absolute atomic E-state index is 5.59. The van der Waals surface area contributed by atoms with Gasteiger partial charge >= 0.3 is 0 Å². The number of hydrogen-bond acceptors (Lipinski definition) is 3. The average Bonchev–Trinajstić information content (AvgIpc) is 2.05. The average molecular weight is 181 g/mol. The number of nitrogen functional groups attached to an aromatic ring is 1. The summed E-state index contributed by atoms with van der Waals surface area (Å²) in [5, 5.41) is 0. The van der Waals surface area contributed by atoms with E-state index in [2.05, 4.69) is 25.1 Å². The second-order valence-electron chi connectivity index (χ2n) is 3.06. The van der Waals surface area contributed by atoms with Gasteiger partial charge in [-0.15, -0.1) is 0 Å². The summed E-state index contributed by atoms with van der Waals surface area (Å²) in [6.07, 6.45) is 1.00. The second kappa shape index (κ2) is 3.00. The Bertz CT molecular complexity index is 300. The minimum Gasteiger partial charge on any atom is -0.384 e. The molecule has 0 fully saturated rings. The van der Waals surface area contributed by atoms with Crippen molar-refractivity contribution in [1.82, 2.24) is 9.65 Å². The fraction of sp³-hybridized carbons (Fsp3) is 0.375. The number of rotatable bonds is 0. The van der Waals surface area contributed by atoms with E-state index in [4.69, 9.17) is 5.73 Å². The molecule has 1 aliphatic rings. The molecule has 1 unspecified atom stereocenters. The number of aromatic nitrogens is 1. The summed E-state index contributed by atoms with van der Waals surface area (Å²) in [6, 6.07) is 3.93. The molecule has 1 aromatic heterocycles. The lowest BCUT2D eigenvalue weighted by Crippen LogP contribution is -2.22. The molecular weight excluding hydrogens is 169 g/mol. The summed E-state index contributed by atoms with van der Waals surface area (Å²) in [5.74, 6) is 0.631. The Morgan fingerprint density at radius 1 is 1.50 bits per heavy atom. The highest BCUT2D eigenvalue weighted by Gasteiger charge is 2.13. The molecule has 4 heteroatoms. The minimum absolute atomic E-state index is 0.631. The minimum atomic E-state index is 0.631. The Kier molecular flexibility index (Phi) is 1.99. The molecule has 2 N–H and O–H groups in total. The molecule has 0 aliphatic carbocycles. The molecule has 64 valence electrons. The van der Waals surface area contributed by atoms with Crippen molar-refractivity contribution in [3.8, 4) is 0 Å². The van der Waals surface area contributed by atoms with E-state index in [1.54, 1.807) is 0 Å². The maximum Gasteiger partial charge on any atom is 0.123 e. The van der Waals surface area contributed by atoms with E-state index in [-0.39, 0.29) is 0 Å². The first kappa shape index (κ1) is 7.96. The first-order valence-corrected chi connectivity index (χ1v) is 4.51. The van der Waals surface area contributed by atoms with Gasteiger partial charge in [-0.3, -0.25) is 4.67 Å². The van der Waals surface area contributed by atoms with Crippen molar-refractivity contribution in [3.05, 3.63) is 23.4 Å². The lowest BCUT2D eigenvalue weighted by molar-refractivity contribution is 0.438. The number of nitrogens with two attached hydrogens (primary N) is 1. The number of nitrogens with zero attached hydrogens (tertiary/aromatic N) is 2. The molecular formula is C8H12N3P. The van der Waals surface area contributed by atoms with Gasteiger partial charge in [0.05, 0.1) is 0 Å². The molecule has 1 aliphatic heterocycles. The highest BCUT2D eigenvalue weighted by molar-refractivity contribution is 7.13. The SMILES string of the molecule is Nc1ccc2c(n1)CCN(P)C2. The Morgan fingerprint density at radius 3 is 3.17 bits per heavy atom. The molecule has 2 rings (SSSR count). The highest BCUT2D eigenvalue weighted by atomic mass is 31.0. The Morgan fingerprint density at radius 2 is 2.33 bits per heavy atom. The largest absolute Gasteiger partial charge is 0.384 e. The van der Waals surface area contributed by atoms with E-state index in [1.807, 2.05) is 6.07 Å². The zero-order chi connectivity index (χ0) is 8.55. The molecule has 0 amide bonds. The van der Waals surface area contributed by atoms with Crippen LogP contribution in [-0.4, -0.2) is 16.2 Å². The lowest BCUT2D eigenvalue weighted by Gasteiger charge is -2.23. The standard InChI is InChI=1S/C8H12N3P/c9-8-2-1-6-5-11(12)4-3-7(6)10-8/h1-2H,3-5,12H2,(H2,9,10). The molecule has 1 atom stereocenters. The summed E-state index contributed by atoms with van der Waals surface area (Å²) in [6.45, 7) is 2.02. The molecule has 0 spiro atoms. The van der Waals surface area contributed by atoms with Crippen molar-refractivity contribution >= 4 is 15.2 Å². The first-order valence-electron chi connectivity index (χ1n) is 3.99. The monoisotopic (exact) mass is 181 g/mol. The third-order valence-electron chi connectivity index (χ3n) is 2.10. The second-order valence-corrected chi connectivity index (χ2v) is 3.79. The van der Waals surface area contributed by atoms with Gasteiger partial charge in [-0.05, 0) is 11.6 Å². The summed E-state index contributed by atoms with van der Waals surface area (Å²) in [5.41, 5.74) is 8.04.